The van der Waals surface area contributed by atoms with Crippen LogP contribution >= 0.6 is 23.2 Å². The first-order valence-corrected chi connectivity index (χ1v) is 10.6. The molecule has 0 aromatic heterocycles. The average molecular weight is 466 g/mol. The van der Waals surface area contributed by atoms with Gasteiger partial charge in [-0.1, -0.05) is 53.5 Å². The molecule has 0 saturated carbocycles. The van der Waals surface area contributed by atoms with Crippen LogP contribution in [0.4, 0.5) is 8.78 Å². The zero-order valence-corrected chi connectivity index (χ0v) is 18.1. The standard InChI is InChI=1S/C25H15Cl2F2N3/c26-18-10-17(11-19(27)12-18)16-6-4-15(5-7-16)13-32-9-8-22-23(14-32)31-25(30-22)20-2-1-3-21(28)24(20)29/h1-12,14H,13H2. The molecule has 0 radical (unpaired) electrons. The number of hydrogen-bond donors (Lipinski definition) is 0. The zero-order chi connectivity index (χ0) is 22.2. The van der Waals surface area contributed by atoms with E-state index in [4.69, 9.17) is 23.2 Å². The highest BCUT2D eigenvalue weighted by Crippen LogP contribution is 2.29. The van der Waals surface area contributed by atoms with Crippen molar-refractivity contribution in [1.82, 2.24) is 14.5 Å². The molecule has 0 unspecified atom stereocenters. The molecule has 0 amide bonds. The molecule has 0 bridgehead atoms. The van der Waals surface area contributed by atoms with Gasteiger partial charge in [0.05, 0.1) is 11.3 Å². The summed E-state index contributed by atoms with van der Waals surface area (Å²) in [5, 5.41) is 1.18. The smallest absolute Gasteiger partial charge is 0.169 e. The molecule has 2 aliphatic heterocycles. The van der Waals surface area contributed by atoms with Crippen LogP contribution in [0.15, 0.2) is 79.1 Å². The van der Waals surface area contributed by atoms with Crippen molar-refractivity contribution in [2.45, 2.75) is 6.54 Å². The first-order chi connectivity index (χ1) is 15.5. The Hall–Kier alpha value is -3.28. The fourth-order valence-corrected chi connectivity index (χ4v) is 4.11. The maximum absolute atomic E-state index is 14.1. The molecule has 32 heavy (non-hydrogen) atoms. The first kappa shape index (κ1) is 20.6. The van der Waals surface area contributed by atoms with Crippen LogP contribution in [0, 0.1) is 11.6 Å². The zero-order valence-electron chi connectivity index (χ0n) is 16.6. The molecule has 0 N–H and O–H groups in total. The Morgan fingerprint density at radius 1 is 0.781 bits per heavy atom. The number of rotatable bonds is 4. The monoisotopic (exact) mass is 465 g/mol. The Morgan fingerprint density at radius 3 is 2.25 bits per heavy atom. The summed E-state index contributed by atoms with van der Waals surface area (Å²) < 4.78 is 29.6. The summed E-state index contributed by atoms with van der Waals surface area (Å²) in [6.07, 6.45) is 3.72. The molecule has 3 aromatic carbocycles. The predicted octanol–water partition coefficient (Wildman–Crippen LogP) is 7.35. The molecular formula is C25H15Cl2F2N3. The summed E-state index contributed by atoms with van der Waals surface area (Å²) in [6.45, 7) is 0.614. The minimum atomic E-state index is -0.947. The van der Waals surface area contributed by atoms with Gasteiger partial charge in [0.2, 0.25) is 0 Å². The van der Waals surface area contributed by atoms with Gasteiger partial charge in [-0.2, -0.15) is 0 Å². The molecule has 2 heterocycles. The first-order valence-electron chi connectivity index (χ1n) is 9.79. The van der Waals surface area contributed by atoms with Gasteiger partial charge in [0.25, 0.3) is 0 Å². The van der Waals surface area contributed by atoms with Gasteiger partial charge in [-0.3, -0.25) is 0 Å². The van der Waals surface area contributed by atoms with E-state index in [-0.39, 0.29) is 11.4 Å². The van der Waals surface area contributed by atoms with E-state index < -0.39 is 11.6 Å². The minimum absolute atomic E-state index is 0.0458. The predicted molar refractivity (Wildman–Crippen MR) is 123 cm³/mol. The van der Waals surface area contributed by atoms with E-state index >= 15 is 0 Å². The Bertz CT molecular complexity index is 1380. The van der Waals surface area contributed by atoms with Gasteiger partial charge >= 0.3 is 0 Å². The lowest BCUT2D eigenvalue weighted by atomic mass is 10.0. The van der Waals surface area contributed by atoms with Crippen LogP contribution in [-0.2, 0) is 6.54 Å². The van der Waals surface area contributed by atoms with Gasteiger partial charge < -0.3 is 4.57 Å². The number of pyridine rings is 1. The summed E-state index contributed by atoms with van der Waals surface area (Å²) in [5.41, 5.74) is 4.32. The average Bonchev–Trinajstić information content (AvgIpc) is 3.18. The molecule has 0 saturated heterocycles. The maximum atomic E-state index is 14.1. The highest BCUT2D eigenvalue weighted by molar-refractivity contribution is 6.35. The van der Waals surface area contributed by atoms with E-state index in [9.17, 15) is 8.78 Å². The molecular weight excluding hydrogens is 451 g/mol. The SMILES string of the molecule is Fc1cccc(-c2nc3ccn(Cc4ccc(-c5cc(Cl)cc(Cl)c5)cc4)cc-3n2)c1F. The lowest BCUT2D eigenvalue weighted by Gasteiger charge is -2.09. The van der Waals surface area contributed by atoms with E-state index in [1.807, 2.05) is 59.4 Å². The number of aromatic nitrogens is 3. The van der Waals surface area contributed by atoms with Gasteiger partial charge in [-0.25, -0.2) is 18.7 Å². The number of benzene rings is 3. The topological polar surface area (TPSA) is 30.7 Å². The van der Waals surface area contributed by atoms with Crippen molar-refractivity contribution in [3.8, 4) is 33.9 Å². The Balaban J connectivity index is 1.40. The highest BCUT2D eigenvalue weighted by Gasteiger charge is 2.17. The lowest BCUT2D eigenvalue weighted by Crippen LogP contribution is -2.00. The third-order valence-electron chi connectivity index (χ3n) is 5.13. The van der Waals surface area contributed by atoms with Crippen molar-refractivity contribution < 1.29 is 8.78 Å². The van der Waals surface area contributed by atoms with Crippen LogP contribution in [-0.4, -0.2) is 14.5 Å². The summed E-state index contributed by atoms with van der Waals surface area (Å²) in [7, 11) is 0. The number of halogens is 4. The van der Waals surface area contributed by atoms with Crippen molar-refractivity contribution in [2.24, 2.45) is 0 Å². The van der Waals surface area contributed by atoms with Gasteiger partial charge in [-0.15, -0.1) is 0 Å². The van der Waals surface area contributed by atoms with E-state index in [0.717, 1.165) is 22.8 Å². The van der Waals surface area contributed by atoms with Crippen molar-refractivity contribution in [2.75, 3.05) is 0 Å². The minimum Gasteiger partial charge on any atom is -0.348 e. The molecule has 0 fully saturated rings. The second-order valence-corrected chi connectivity index (χ2v) is 8.26. The van der Waals surface area contributed by atoms with Crippen molar-refractivity contribution in [3.63, 3.8) is 0 Å². The third kappa shape index (κ3) is 4.09. The maximum Gasteiger partial charge on any atom is 0.169 e. The van der Waals surface area contributed by atoms with Crippen LogP contribution in [0.3, 0.4) is 0 Å². The molecule has 7 heteroatoms. The summed E-state index contributed by atoms with van der Waals surface area (Å²) in [4.78, 5) is 8.73. The van der Waals surface area contributed by atoms with Crippen molar-refractivity contribution in [3.05, 3.63) is 106 Å². The fourth-order valence-electron chi connectivity index (χ4n) is 3.58. The quantitative estimate of drug-likeness (QED) is 0.277. The second-order valence-electron chi connectivity index (χ2n) is 7.39. The van der Waals surface area contributed by atoms with Crippen LogP contribution in [0.2, 0.25) is 10.0 Å². The van der Waals surface area contributed by atoms with Gasteiger partial charge in [0.15, 0.2) is 17.5 Å². The molecule has 3 nitrogen and oxygen atoms in total. The normalized spacial score (nSPS) is 11.2. The van der Waals surface area contributed by atoms with Crippen LogP contribution in [0.5, 0.6) is 0 Å². The third-order valence-corrected chi connectivity index (χ3v) is 5.57. The van der Waals surface area contributed by atoms with E-state index in [1.165, 1.54) is 12.1 Å². The fraction of sp³-hybridized carbons (Fsp3) is 0.0400. The second kappa shape index (κ2) is 8.34. The number of fused-ring (bicyclic) bond motifs is 1. The summed E-state index contributed by atoms with van der Waals surface area (Å²) >= 11 is 12.2. The van der Waals surface area contributed by atoms with Gasteiger partial charge in [0.1, 0.15) is 5.69 Å². The van der Waals surface area contributed by atoms with Crippen molar-refractivity contribution in [1.29, 1.82) is 0 Å². The van der Waals surface area contributed by atoms with Gasteiger partial charge in [0, 0.05) is 29.0 Å². The molecule has 0 aliphatic carbocycles. The van der Waals surface area contributed by atoms with Crippen molar-refractivity contribution >= 4 is 23.2 Å². The molecule has 0 atom stereocenters. The number of hydrogen-bond acceptors (Lipinski definition) is 2. The van der Waals surface area contributed by atoms with Crippen LogP contribution in [0.1, 0.15) is 5.56 Å². The molecule has 2 aliphatic rings. The molecule has 5 rings (SSSR count). The Labute approximate surface area is 193 Å². The van der Waals surface area contributed by atoms with Crippen LogP contribution < -0.4 is 0 Å². The Kier molecular flexibility index (Phi) is 5.37. The number of nitrogens with zero attached hydrogens (tertiary/aromatic N) is 3. The van der Waals surface area contributed by atoms with E-state index in [1.54, 1.807) is 6.07 Å². The molecule has 0 spiro atoms. The molecule has 3 aromatic rings. The number of imidazole rings is 1. The largest absolute Gasteiger partial charge is 0.348 e. The van der Waals surface area contributed by atoms with E-state index in [2.05, 4.69) is 9.97 Å². The van der Waals surface area contributed by atoms with Gasteiger partial charge in [-0.05, 0) is 53.1 Å². The summed E-state index contributed by atoms with van der Waals surface area (Å²) in [6, 6.07) is 19.3. The van der Waals surface area contributed by atoms with Crippen LogP contribution in [0.25, 0.3) is 33.9 Å². The molecule has 158 valence electrons. The van der Waals surface area contributed by atoms with E-state index in [0.29, 0.717) is 28.0 Å². The summed E-state index contributed by atoms with van der Waals surface area (Å²) in [5.74, 6) is -1.70. The Morgan fingerprint density at radius 2 is 1.50 bits per heavy atom. The lowest BCUT2D eigenvalue weighted by molar-refractivity contribution is 0.510. The highest BCUT2D eigenvalue weighted by atomic mass is 35.5.